The molecule has 110 valence electrons. The second kappa shape index (κ2) is 5.89. The molecular weight excluding hydrogens is 252 g/mol. The minimum atomic E-state index is 0.195. The summed E-state index contributed by atoms with van der Waals surface area (Å²) in [7, 11) is 0. The lowest BCUT2D eigenvalue weighted by atomic mass is 9.85. The fourth-order valence-corrected chi connectivity index (χ4v) is 2.57. The van der Waals surface area contributed by atoms with E-state index < -0.39 is 0 Å². The lowest BCUT2D eigenvalue weighted by Crippen LogP contribution is -2.10. The first-order chi connectivity index (χ1) is 9.82. The van der Waals surface area contributed by atoms with Crippen LogP contribution in [-0.4, -0.2) is 0 Å². The summed E-state index contributed by atoms with van der Waals surface area (Å²) in [5, 5.41) is 0. The molecule has 0 heterocycles. The van der Waals surface area contributed by atoms with Gasteiger partial charge in [0.05, 0.1) is 0 Å². The highest BCUT2D eigenvalue weighted by molar-refractivity contribution is 5.80. The van der Waals surface area contributed by atoms with E-state index in [2.05, 4.69) is 83.7 Å². The van der Waals surface area contributed by atoms with Crippen molar-refractivity contribution in [2.45, 2.75) is 46.5 Å². The Balaban J connectivity index is 2.52. The van der Waals surface area contributed by atoms with Crippen molar-refractivity contribution in [2.75, 3.05) is 0 Å². The van der Waals surface area contributed by atoms with Crippen LogP contribution in [0.2, 0.25) is 0 Å². The highest BCUT2D eigenvalue weighted by atomic mass is 14.2. The van der Waals surface area contributed by atoms with Crippen molar-refractivity contribution in [1.29, 1.82) is 0 Å². The highest BCUT2D eigenvalue weighted by Crippen LogP contribution is 2.31. The molecule has 21 heavy (non-hydrogen) atoms. The van der Waals surface area contributed by atoms with E-state index in [1.165, 1.54) is 27.8 Å². The van der Waals surface area contributed by atoms with Gasteiger partial charge in [0, 0.05) is 0 Å². The standard InChI is InChI=1S/C21H26/c1-7-16-8-13-19(15(2)3)20(14-16)17-9-11-18(12-10-17)21(4,5)6/h8-14H,2,7H2,1,3-6H3. The summed E-state index contributed by atoms with van der Waals surface area (Å²) in [5.74, 6) is 0. The van der Waals surface area contributed by atoms with Gasteiger partial charge < -0.3 is 0 Å². The molecule has 2 rings (SSSR count). The number of hydrogen-bond donors (Lipinski definition) is 0. The van der Waals surface area contributed by atoms with E-state index in [1.54, 1.807) is 0 Å². The topological polar surface area (TPSA) is 0 Å². The molecule has 2 aromatic carbocycles. The Morgan fingerprint density at radius 3 is 2.10 bits per heavy atom. The van der Waals surface area contributed by atoms with Gasteiger partial charge in [-0.2, -0.15) is 0 Å². The lowest BCUT2D eigenvalue weighted by Gasteiger charge is -2.20. The molecule has 0 radical (unpaired) electrons. The van der Waals surface area contributed by atoms with Gasteiger partial charge in [0.1, 0.15) is 0 Å². The van der Waals surface area contributed by atoms with Gasteiger partial charge >= 0.3 is 0 Å². The van der Waals surface area contributed by atoms with E-state index in [1.807, 2.05) is 0 Å². The molecule has 0 bridgehead atoms. The van der Waals surface area contributed by atoms with Crippen LogP contribution in [0.4, 0.5) is 0 Å². The van der Waals surface area contributed by atoms with Crippen molar-refractivity contribution in [3.63, 3.8) is 0 Å². The molecule has 0 nitrogen and oxygen atoms in total. The van der Waals surface area contributed by atoms with Gasteiger partial charge in [0.25, 0.3) is 0 Å². The van der Waals surface area contributed by atoms with Gasteiger partial charge in [0.15, 0.2) is 0 Å². The van der Waals surface area contributed by atoms with Gasteiger partial charge in [-0.15, -0.1) is 0 Å². The summed E-state index contributed by atoms with van der Waals surface area (Å²) < 4.78 is 0. The predicted molar refractivity (Wildman–Crippen MR) is 94.7 cm³/mol. The summed E-state index contributed by atoms with van der Waals surface area (Å²) in [4.78, 5) is 0. The fraction of sp³-hybridized carbons (Fsp3) is 0.333. The Kier molecular flexibility index (Phi) is 4.37. The smallest absolute Gasteiger partial charge is 0.0106 e. The van der Waals surface area contributed by atoms with Crippen LogP contribution in [0.15, 0.2) is 49.0 Å². The van der Waals surface area contributed by atoms with Gasteiger partial charge in [-0.1, -0.05) is 82.3 Å². The zero-order valence-electron chi connectivity index (χ0n) is 14.0. The van der Waals surface area contributed by atoms with Crippen LogP contribution >= 0.6 is 0 Å². The quantitative estimate of drug-likeness (QED) is 0.622. The van der Waals surface area contributed by atoms with Crippen molar-refractivity contribution >= 4 is 5.57 Å². The van der Waals surface area contributed by atoms with Crippen LogP contribution in [0.1, 0.15) is 51.3 Å². The van der Waals surface area contributed by atoms with Crippen LogP contribution in [0, 0.1) is 0 Å². The first kappa shape index (κ1) is 15.6. The van der Waals surface area contributed by atoms with Gasteiger partial charge in [0.2, 0.25) is 0 Å². The fourth-order valence-electron chi connectivity index (χ4n) is 2.57. The van der Waals surface area contributed by atoms with Gasteiger partial charge in [-0.05, 0) is 46.6 Å². The SMILES string of the molecule is C=C(C)c1ccc(CC)cc1-c1ccc(C(C)(C)C)cc1. The third-order valence-electron chi connectivity index (χ3n) is 4.01. The normalized spacial score (nSPS) is 11.5. The Hall–Kier alpha value is -1.82. The Bertz CT molecular complexity index is 637. The molecule has 0 N–H and O–H groups in total. The molecule has 0 aliphatic rings. The first-order valence-corrected chi connectivity index (χ1v) is 7.72. The number of aryl methyl sites for hydroxylation is 1. The van der Waals surface area contributed by atoms with Crippen molar-refractivity contribution in [3.8, 4) is 11.1 Å². The third kappa shape index (κ3) is 3.44. The molecule has 0 spiro atoms. The second-order valence-corrected chi connectivity index (χ2v) is 6.84. The highest BCUT2D eigenvalue weighted by Gasteiger charge is 2.14. The molecule has 0 amide bonds. The number of rotatable bonds is 3. The number of hydrogen-bond acceptors (Lipinski definition) is 0. The van der Waals surface area contributed by atoms with Crippen LogP contribution < -0.4 is 0 Å². The van der Waals surface area contributed by atoms with Gasteiger partial charge in [-0.3, -0.25) is 0 Å². The van der Waals surface area contributed by atoms with Crippen molar-refractivity contribution < 1.29 is 0 Å². The number of benzene rings is 2. The summed E-state index contributed by atoms with van der Waals surface area (Å²) >= 11 is 0. The predicted octanol–water partition coefficient (Wildman–Crippen LogP) is 6.25. The molecule has 0 saturated heterocycles. The average Bonchev–Trinajstić information content (AvgIpc) is 2.45. The Morgan fingerprint density at radius 1 is 1.00 bits per heavy atom. The molecule has 2 aromatic rings. The van der Waals surface area contributed by atoms with E-state index in [4.69, 9.17) is 0 Å². The van der Waals surface area contributed by atoms with E-state index in [0.29, 0.717) is 0 Å². The van der Waals surface area contributed by atoms with Crippen LogP contribution in [0.3, 0.4) is 0 Å². The molecule has 0 aliphatic heterocycles. The largest absolute Gasteiger partial charge is 0.0955 e. The maximum Gasteiger partial charge on any atom is -0.0106 e. The zero-order valence-corrected chi connectivity index (χ0v) is 14.0. The lowest BCUT2D eigenvalue weighted by molar-refractivity contribution is 0.590. The summed E-state index contributed by atoms with van der Waals surface area (Å²) in [5.41, 5.74) is 7.87. The number of allylic oxidation sites excluding steroid dienone is 1. The average molecular weight is 278 g/mol. The summed E-state index contributed by atoms with van der Waals surface area (Å²) in [6, 6.07) is 15.7. The summed E-state index contributed by atoms with van der Waals surface area (Å²) in [6.07, 6.45) is 1.06. The Labute approximate surface area is 129 Å². The van der Waals surface area contributed by atoms with Gasteiger partial charge in [-0.25, -0.2) is 0 Å². The Morgan fingerprint density at radius 2 is 1.62 bits per heavy atom. The van der Waals surface area contributed by atoms with E-state index in [9.17, 15) is 0 Å². The van der Waals surface area contributed by atoms with Crippen molar-refractivity contribution in [1.82, 2.24) is 0 Å². The minimum Gasteiger partial charge on any atom is -0.0955 e. The second-order valence-electron chi connectivity index (χ2n) is 6.84. The molecule has 0 aliphatic carbocycles. The molecule has 0 aromatic heterocycles. The molecule has 0 atom stereocenters. The van der Waals surface area contributed by atoms with Crippen molar-refractivity contribution in [3.05, 3.63) is 65.7 Å². The monoisotopic (exact) mass is 278 g/mol. The maximum absolute atomic E-state index is 4.12. The molecule has 0 unspecified atom stereocenters. The zero-order chi connectivity index (χ0) is 15.6. The van der Waals surface area contributed by atoms with Crippen LogP contribution in [0.25, 0.3) is 16.7 Å². The van der Waals surface area contributed by atoms with Crippen molar-refractivity contribution in [2.24, 2.45) is 0 Å². The van der Waals surface area contributed by atoms with Crippen LogP contribution in [0.5, 0.6) is 0 Å². The van der Waals surface area contributed by atoms with E-state index in [0.717, 1.165) is 12.0 Å². The molecule has 0 saturated carbocycles. The third-order valence-corrected chi connectivity index (χ3v) is 4.01. The van der Waals surface area contributed by atoms with E-state index in [-0.39, 0.29) is 5.41 Å². The molecule has 0 heteroatoms. The van der Waals surface area contributed by atoms with Crippen LogP contribution in [-0.2, 0) is 11.8 Å². The van der Waals surface area contributed by atoms with E-state index >= 15 is 0 Å². The molecule has 0 fully saturated rings. The summed E-state index contributed by atoms with van der Waals surface area (Å²) in [6.45, 7) is 15.1. The first-order valence-electron chi connectivity index (χ1n) is 7.72. The molecular formula is C21H26. The maximum atomic E-state index is 4.12. The minimum absolute atomic E-state index is 0.195.